The van der Waals surface area contributed by atoms with Gasteiger partial charge in [-0.25, -0.2) is 0 Å². The SMILES string of the molecule is COc1ccc(C=NN=C2NC(=O)C(CC(=O)O)S2)cc1Cn1cccn1. The molecular formula is C17H17N5O4S. The largest absolute Gasteiger partial charge is 0.496 e. The molecule has 27 heavy (non-hydrogen) atoms. The minimum atomic E-state index is -1.03. The molecule has 3 rings (SSSR count). The van der Waals surface area contributed by atoms with Crippen molar-refractivity contribution in [3.05, 3.63) is 47.8 Å². The Bertz CT molecular complexity index is 895. The lowest BCUT2D eigenvalue weighted by molar-refractivity contribution is -0.138. The smallest absolute Gasteiger partial charge is 0.305 e. The standard InChI is InChI=1S/C17H17N5O4S/c1-26-13-4-3-11(7-12(13)10-22-6-2-5-19-22)9-18-21-17-20-16(25)14(27-17)8-15(23)24/h2-7,9,14H,8,10H2,1H3,(H,23,24)(H,20,21,25). The molecule has 1 aliphatic heterocycles. The predicted molar refractivity (Wildman–Crippen MR) is 101 cm³/mol. The number of benzene rings is 1. The first-order valence-electron chi connectivity index (χ1n) is 8.00. The van der Waals surface area contributed by atoms with Crippen LogP contribution in [0, 0.1) is 0 Å². The molecule has 2 heterocycles. The molecule has 0 aliphatic carbocycles. The molecule has 1 fully saturated rings. The number of ether oxygens (including phenoxy) is 1. The summed E-state index contributed by atoms with van der Waals surface area (Å²) in [6.07, 6.45) is 4.86. The first-order valence-corrected chi connectivity index (χ1v) is 8.88. The third-order valence-electron chi connectivity index (χ3n) is 3.69. The van der Waals surface area contributed by atoms with Crippen LogP contribution in [0.5, 0.6) is 5.75 Å². The number of amidine groups is 1. The van der Waals surface area contributed by atoms with Crippen molar-refractivity contribution in [3.8, 4) is 5.75 Å². The molecule has 0 bridgehead atoms. The number of carbonyl (C=O) groups excluding carboxylic acids is 1. The zero-order chi connectivity index (χ0) is 19.2. The van der Waals surface area contributed by atoms with E-state index in [1.165, 1.54) is 0 Å². The lowest BCUT2D eigenvalue weighted by Crippen LogP contribution is -2.26. The van der Waals surface area contributed by atoms with Gasteiger partial charge in [0.2, 0.25) is 5.91 Å². The lowest BCUT2D eigenvalue weighted by atomic mass is 10.1. The maximum atomic E-state index is 11.7. The summed E-state index contributed by atoms with van der Waals surface area (Å²) >= 11 is 1.06. The van der Waals surface area contributed by atoms with Crippen LogP contribution >= 0.6 is 11.8 Å². The molecule has 1 aromatic heterocycles. The third-order valence-corrected chi connectivity index (χ3v) is 4.76. The number of amides is 1. The van der Waals surface area contributed by atoms with Gasteiger partial charge in [-0.2, -0.15) is 10.2 Å². The van der Waals surface area contributed by atoms with E-state index in [4.69, 9.17) is 9.84 Å². The van der Waals surface area contributed by atoms with Gasteiger partial charge in [-0.15, -0.1) is 5.10 Å². The van der Waals surface area contributed by atoms with Crippen LogP contribution in [0.4, 0.5) is 0 Å². The van der Waals surface area contributed by atoms with Crippen LogP contribution in [0.2, 0.25) is 0 Å². The molecule has 140 valence electrons. The number of hydrogen-bond donors (Lipinski definition) is 2. The molecule has 1 amide bonds. The minimum Gasteiger partial charge on any atom is -0.496 e. The summed E-state index contributed by atoms with van der Waals surface area (Å²) in [5, 5.41) is 23.0. The molecule has 1 saturated heterocycles. The van der Waals surface area contributed by atoms with Crippen molar-refractivity contribution in [2.24, 2.45) is 10.2 Å². The quantitative estimate of drug-likeness (QED) is 0.547. The first kappa shape index (κ1) is 18.6. The number of hydrogen-bond acceptors (Lipinski definition) is 7. The number of rotatable bonds is 7. The van der Waals surface area contributed by atoms with Gasteiger partial charge in [-0.3, -0.25) is 14.3 Å². The van der Waals surface area contributed by atoms with Crippen LogP contribution in [0.3, 0.4) is 0 Å². The third kappa shape index (κ3) is 4.94. The van der Waals surface area contributed by atoms with Crippen LogP contribution in [0.15, 0.2) is 46.9 Å². The van der Waals surface area contributed by atoms with Crippen molar-refractivity contribution >= 4 is 35.0 Å². The Morgan fingerprint density at radius 2 is 2.37 bits per heavy atom. The van der Waals surface area contributed by atoms with Gasteiger partial charge in [0, 0.05) is 18.0 Å². The van der Waals surface area contributed by atoms with Crippen molar-refractivity contribution in [3.63, 3.8) is 0 Å². The number of aliphatic carboxylic acids is 1. The van der Waals surface area contributed by atoms with E-state index >= 15 is 0 Å². The number of carbonyl (C=O) groups is 2. The number of thioether (sulfide) groups is 1. The van der Waals surface area contributed by atoms with E-state index in [1.807, 2.05) is 30.5 Å². The Balaban J connectivity index is 1.70. The summed E-state index contributed by atoms with van der Waals surface area (Å²) in [4.78, 5) is 22.4. The Hall–Kier alpha value is -3.14. The highest BCUT2D eigenvalue weighted by Gasteiger charge is 2.32. The monoisotopic (exact) mass is 387 g/mol. The van der Waals surface area contributed by atoms with Gasteiger partial charge in [-0.05, 0) is 29.8 Å². The second-order valence-electron chi connectivity index (χ2n) is 5.62. The van der Waals surface area contributed by atoms with Crippen LogP contribution < -0.4 is 10.1 Å². The van der Waals surface area contributed by atoms with Gasteiger partial charge in [0.1, 0.15) is 11.0 Å². The molecule has 9 nitrogen and oxygen atoms in total. The fourth-order valence-electron chi connectivity index (χ4n) is 2.46. The maximum Gasteiger partial charge on any atom is 0.305 e. The predicted octanol–water partition coefficient (Wildman–Crippen LogP) is 1.34. The van der Waals surface area contributed by atoms with Crippen molar-refractivity contribution < 1.29 is 19.4 Å². The van der Waals surface area contributed by atoms with E-state index < -0.39 is 11.2 Å². The molecule has 10 heteroatoms. The van der Waals surface area contributed by atoms with Crippen LogP contribution in [-0.4, -0.2) is 50.5 Å². The van der Waals surface area contributed by atoms with Crippen molar-refractivity contribution in [1.82, 2.24) is 15.1 Å². The molecule has 1 aliphatic rings. The molecule has 0 spiro atoms. The molecule has 2 aromatic rings. The fourth-order valence-corrected chi connectivity index (χ4v) is 3.38. The summed E-state index contributed by atoms with van der Waals surface area (Å²) in [5.74, 6) is -0.665. The number of carboxylic acid groups (broad SMARTS) is 1. The average Bonchev–Trinajstić information content (AvgIpc) is 3.25. The van der Waals surface area contributed by atoms with E-state index in [9.17, 15) is 9.59 Å². The van der Waals surface area contributed by atoms with E-state index in [0.717, 1.165) is 28.6 Å². The topological polar surface area (TPSA) is 118 Å². The van der Waals surface area contributed by atoms with Gasteiger partial charge >= 0.3 is 5.97 Å². The summed E-state index contributed by atoms with van der Waals surface area (Å²) in [6, 6.07) is 7.43. The van der Waals surface area contributed by atoms with E-state index in [-0.39, 0.29) is 17.5 Å². The minimum absolute atomic E-state index is 0.255. The highest BCUT2D eigenvalue weighted by atomic mass is 32.2. The number of nitrogens with zero attached hydrogens (tertiary/aromatic N) is 4. The van der Waals surface area contributed by atoms with Crippen molar-refractivity contribution in [1.29, 1.82) is 0 Å². The Morgan fingerprint density at radius 3 is 3.07 bits per heavy atom. The second kappa shape index (κ2) is 8.49. The Labute approximate surface area is 159 Å². The van der Waals surface area contributed by atoms with Gasteiger partial charge in [0.15, 0.2) is 5.17 Å². The van der Waals surface area contributed by atoms with Gasteiger partial charge < -0.3 is 15.2 Å². The van der Waals surface area contributed by atoms with Crippen molar-refractivity contribution in [2.45, 2.75) is 18.2 Å². The van der Waals surface area contributed by atoms with E-state index in [1.54, 1.807) is 24.2 Å². The van der Waals surface area contributed by atoms with Gasteiger partial charge in [0.05, 0.1) is 26.3 Å². The highest BCUT2D eigenvalue weighted by molar-refractivity contribution is 8.15. The Morgan fingerprint density at radius 1 is 1.52 bits per heavy atom. The summed E-state index contributed by atoms with van der Waals surface area (Å²) in [7, 11) is 1.61. The fraction of sp³-hybridized carbons (Fsp3) is 0.235. The van der Waals surface area contributed by atoms with Crippen LogP contribution in [-0.2, 0) is 16.1 Å². The molecule has 1 atom stereocenters. The average molecular weight is 387 g/mol. The zero-order valence-electron chi connectivity index (χ0n) is 14.4. The van der Waals surface area contributed by atoms with Crippen molar-refractivity contribution in [2.75, 3.05) is 7.11 Å². The summed E-state index contributed by atoms with van der Waals surface area (Å²) in [5.41, 5.74) is 1.74. The normalized spacial score (nSPS) is 18.2. The van der Waals surface area contributed by atoms with Crippen LogP contribution in [0.25, 0.3) is 0 Å². The maximum absolute atomic E-state index is 11.7. The molecule has 1 aromatic carbocycles. The zero-order valence-corrected chi connectivity index (χ0v) is 15.2. The molecule has 0 saturated carbocycles. The van der Waals surface area contributed by atoms with Gasteiger partial charge in [-0.1, -0.05) is 11.8 Å². The van der Waals surface area contributed by atoms with E-state index in [0.29, 0.717) is 6.54 Å². The molecular weight excluding hydrogens is 370 g/mol. The summed E-state index contributed by atoms with van der Waals surface area (Å²) < 4.78 is 7.16. The molecule has 1 unspecified atom stereocenters. The van der Waals surface area contributed by atoms with Gasteiger partial charge in [0.25, 0.3) is 0 Å². The molecule has 2 N–H and O–H groups in total. The number of nitrogens with one attached hydrogen (secondary N) is 1. The van der Waals surface area contributed by atoms with Crippen LogP contribution in [0.1, 0.15) is 17.5 Å². The number of aromatic nitrogens is 2. The second-order valence-corrected chi connectivity index (χ2v) is 6.81. The van der Waals surface area contributed by atoms with E-state index in [2.05, 4.69) is 20.6 Å². The lowest BCUT2D eigenvalue weighted by Gasteiger charge is -2.09. The summed E-state index contributed by atoms with van der Waals surface area (Å²) in [6.45, 7) is 0.551. The first-order chi connectivity index (χ1) is 13.0. The Kier molecular flexibility index (Phi) is 5.87. The highest BCUT2D eigenvalue weighted by Crippen LogP contribution is 2.23. The molecule has 0 radical (unpaired) electrons. The number of methoxy groups -OCH3 is 1. The number of carboxylic acids is 1.